The lowest BCUT2D eigenvalue weighted by atomic mass is 9.65. The van der Waals surface area contributed by atoms with Crippen molar-refractivity contribution in [1.82, 2.24) is 4.57 Å². The van der Waals surface area contributed by atoms with E-state index in [1.54, 1.807) is 0 Å². The van der Waals surface area contributed by atoms with Crippen molar-refractivity contribution in [2.75, 3.05) is 0 Å². The van der Waals surface area contributed by atoms with Gasteiger partial charge >= 0.3 is 0 Å². The van der Waals surface area contributed by atoms with Crippen molar-refractivity contribution in [3.63, 3.8) is 0 Å². The Bertz CT molecular complexity index is 2520. The van der Waals surface area contributed by atoms with Gasteiger partial charge in [-0.05, 0) is 87.0 Å². The summed E-state index contributed by atoms with van der Waals surface area (Å²) in [6.07, 6.45) is 0. The van der Waals surface area contributed by atoms with Gasteiger partial charge in [0, 0.05) is 10.8 Å². The molecule has 8 aromatic rings. The summed E-state index contributed by atoms with van der Waals surface area (Å²) in [6, 6.07) is 49.9. The number of furan rings is 1. The predicted octanol–water partition coefficient (Wildman–Crippen LogP) is 9.75. The van der Waals surface area contributed by atoms with Crippen LogP contribution in [-0.4, -0.2) is 4.57 Å². The summed E-state index contributed by atoms with van der Waals surface area (Å²) < 4.78 is 9.03. The number of para-hydroxylation sites is 3. The molecule has 10 rings (SSSR count). The number of hydrogen-bond acceptors (Lipinski definition) is 2. The maximum absolute atomic E-state index is 9.37. The molecule has 3 nitrogen and oxygen atoms in total. The van der Waals surface area contributed by atoms with E-state index in [0.717, 1.165) is 38.6 Å². The fourth-order valence-electron chi connectivity index (χ4n) is 7.97. The third-order valence-corrected chi connectivity index (χ3v) is 9.64. The molecular weight excluding hydrogens is 524 g/mol. The second-order valence-corrected chi connectivity index (χ2v) is 11.6. The molecule has 3 heterocycles. The standard InChI is InChI=1S/C40H22N2O/c41-23-24-16-18-25(19-17-24)26-20-21-28-27-8-1-3-11-31(27)40(34(28)22-26)32-12-4-5-14-35(32)42-37-30(10-7-13-33(37)40)39-38(42)29-9-2-6-15-36(29)43-39/h1-22H. The Morgan fingerprint density at radius 3 is 2.14 bits per heavy atom. The van der Waals surface area contributed by atoms with Gasteiger partial charge in [-0.3, -0.25) is 0 Å². The molecule has 0 saturated carbocycles. The van der Waals surface area contributed by atoms with E-state index in [4.69, 9.17) is 4.42 Å². The molecule has 198 valence electrons. The number of nitriles is 1. The molecule has 0 N–H and O–H groups in total. The highest BCUT2D eigenvalue weighted by molar-refractivity contribution is 6.18. The third kappa shape index (κ3) is 2.65. The summed E-state index contributed by atoms with van der Waals surface area (Å²) in [5.74, 6) is 0. The van der Waals surface area contributed by atoms with Crippen molar-refractivity contribution in [3.8, 4) is 34.0 Å². The molecule has 1 aliphatic carbocycles. The van der Waals surface area contributed by atoms with Crippen LogP contribution in [0, 0.1) is 11.3 Å². The minimum atomic E-state index is -0.508. The number of aromatic nitrogens is 1. The summed E-state index contributed by atoms with van der Waals surface area (Å²) in [4.78, 5) is 0. The zero-order chi connectivity index (χ0) is 28.3. The normalized spacial score (nSPS) is 16.0. The molecule has 2 aromatic heterocycles. The van der Waals surface area contributed by atoms with E-state index in [2.05, 4.69) is 126 Å². The van der Waals surface area contributed by atoms with Crippen molar-refractivity contribution >= 4 is 33.0 Å². The highest BCUT2D eigenvalue weighted by Crippen LogP contribution is 2.61. The second kappa shape index (κ2) is 7.91. The predicted molar refractivity (Wildman–Crippen MR) is 172 cm³/mol. The zero-order valence-electron chi connectivity index (χ0n) is 23.0. The van der Waals surface area contributed by atoms with Gasteiger partial charge in [-0.15, -0.1) is 0 Å². The molecule has 6 aromatic carbocycles. The van der Waals surface area contributed by atoms with Gasteiger partial charge in [0.05, 0.1) is 28.3 Å². The first kappa shape index (κ1) is 22.8. The van der Waals surface area contributed by atoms with Gasteiger partial charge < -0.3 is 8.98 Å². The van der Waals surface area contributed by atoms with E-state index < -0.39 is 5.41 Å². The van der Waals surface area contributed by atoms with E-state index in [-0.39, 0.29) is 0 Å². The van der Waals surface area contributed by atoms with Crippen LogP contribution >= 0.6 is 0 Å². The molecule has 43 heavy (non-hydrogen) atoms. The monoisotopic (exact) mass is 546 g/mol. The van der Waals surface area contributed by atoms with Crippen LogP contribution in [0.15, 0.2) is 138 Å². The first-order valence-corrected chi connectivity index (χ1v) is 14.6. The van der Waals surface area contributed by atoms with Gasteiger partial charge in [0.15, 0.2) is 5.58 Å². The summed E-state index contributed by atoms with van der Waals surface area (Å²) in [5, 5.41) is 11.6. The molecule has 0 fully saturated rings. The Balaban J connectivity index is 1.39. The maximum Gasteiger partial charge on any atom is 0.161 e. The summed E-state index contributed by atoms with van der Waals surface area (Å²) in [6.45, 7) is 0. The van der Waals surface area contributed by atoms with E-state index in [1.807, 2.05) is 18.2 Å². The summed E-state index contributed by atoms with van der Waals surface area (Å²) >= 11 is 0. The van der Waals surface area contributed by atoms with Crippen molar-refractivity contribution in [2.24, 2.45) is 0 Å². The lowest BCUT2D eigenvalue weighted by molar-refractivity contribution is 0.673. The van der Waals surface area contributed by atoms with Gasteiger partial charge in [-0.2, -0.15) is 5.26 Å². The third-order valence-electron chi connectivity index (χ3n) is 9.64. The van der Waals surface area contributed by atoms with Crippen molar-refractivity contribution < 1.29 is 4.42 Å². The molecule has 3 heteroatoms. The van der Waals surface area contributed by atoms with Crippen LogP contribution < -0.4 is 0 Å². The average Bonchev–Trinajstić information content (AvgIpc) is 3.70. The number of rotatable bonds is 1. The van der Waals surface area contributed by atoms with E-state index in [9.17, 15) is 5.26 Å². The van der Waals surface area contributed by atoms with E-state index in [0.29, 0.717) is 5.56 Å². The Morgan fingerprint density at radius 1 is 0.558 bits per heavy atom. The lowest BCUT2D eigenvalue weighted by Crippen LogP contribution is -2.33. The minimum Gasteiger partial charge on any atom is -0.454 e. The Morgan fingerprint density at radius 2 is 1.26 bits per heavy atom. The largest absolute Gasteiger partial charge is 0.454 e. The average molecular weight is 547 g/mol. The SMILES string of the molecule is N#Cc1ccc(-c2ccc3c(c2)C2(c4ccccc4-3)c3ccccc3-n3c4c2cccc4c2oc4ccccc4c23)cc1. The molecule has 1 aliphatic heterocycles. The topological polar surface area (TPSA) is 41.9 Å². The van der Waals surface area contributed by atoms with Crippen LogP contribution in [0.4, 0.5) is 0 Å². The number of benzene rings is 6. The number of nitrogens with zero attached hydrogens (tertiary/aromatic N) is 2. The molecule has 1 atom stereocenters. The Hall–Kier alpha value is -5.85. The van der Waals surface area contributed by atoms with Crippen LogP contribution in [0.2, 0.25) is 0 Å². The molecule has 1 spiro atoms. The van der Waals surface area contributed by atoms with Crippen LogP contribution in [0.1, 0.15) is 27.8 Å². The smallest absolute Gasteiger partial charge is 0.161 e. The van der Waals surface area contributed by atoms with Crippen LogP contribution in [-0.2, 0) is 5.41 Å². The first-order valence-electron chi connectivity index (χ1n) is 14.6. The Labute approximate surface area is 247 Å². The first-order chi connectivity index (χ1) is 21.3. The number of hydrogen-bond donors (Lipinski definition) is 0. The van der Waals surface area contributed by atoms with Crippen molar-refractivity contribution in [3.05, 3.63) is 161 Å². The van der Waals surface area contributed by atoms with Gasteiger partial charge in [0.2, 0.25) is 0 Å². The van der Waals surface area contributed by atoms with Crippen LogP contribution in [0.25, 0.3) is 60.9 Å². The fourth-order valence-corrected chi connectivity index (χ4v) is 7.97. The molecule has 0 bridgehead atoms. The van der Waals surface area contributed by atoms with Gasteiger partial charge in [-0.25, -0.2) is 0 Å². The molecule has 0 amide bonds. The molecule has 0 radical (unpaired) electrons. The van der Waals surface area contributed by atoms with E-state index in [1.165, 1.54) is 44.6 Å². The lowest BCUT2D eigenvalue weighted by Gasteiger charge is -2.39. The fraction of sp³-hybridized carbons (Fsp3) is 0.0250. The van der Waals surface area contributed by atoms with E-state index >= 15 is 0 Å². The second-order valence-electron chi connectivity index (χ2n) is 11.6. The molecule has 1 unspecified atom stereocenters. The molecule has 2 aliphatic rings. The van der Waals surface area contributed by atoms with Crippen molar-refractivity contribution in [1.29, 1.82) is 5.26 Å². The number of fused-ring (bicyclic) bond motifs is 14. The Kier molecular flexibility index (Phi) is 4.19. The zero-order valence-corrected chi connectivity index (χ0v) is 23.0. The summed E-state index contributed by atoms with van der Waals surface area (Å²) in [7, 11) is 0. The molecule has 0 saturated heterocycles. The minimum absolute atomic E-state index is 0.508. The highest BCUT2D eigenvalue weighted by atomic mass is 16.3. The van der Waals surface area contributed by atoms with Crippen molar-refractivity contribution in [2.45, 2.75) is 5.41 Å². The molecular formula is C40H22N2O. The van der Waals surface area contributed by atoms with Crippen LogP contribution in [0.3, 0.4) is 0 Å². The quantitative estimate of drug-likeness (QED) is 0.206. The van der Waals surface area contributed by atoms with Gasteiger partial charge in [0.25, 0.3) is 0 Å². The highest BCUT2D eigenvalue weighted by Gasteiger charge is 2.51. The van der Waals surface area contributed by atoms with Gasteiger partial charge in [-0.1, -0.05) is 91.0 Å². The maximum atomic E-state index is 9.37. The van der Waals surface area contributed by atoms with Crippen LogP contribution in [0.5, 0.6) is 0 Å². The summed E-state index contributed by atoms with van der Waals surface area (Å²) in [5.41, 5.74) is 15.4. The van der Waals surface area contributed by atoms with Gasteiger partial charge in [0.1, 0.15) is 11.1 Å².